The number of fused-ring (bicyclic) bond motifs is 1. The molecule has 2 unspecified atom stereocenters. The van der Waals surface area contributed by atoms with Gasteiger partial charge in [-0.2, -0.15) is 0 Å². The van der Waals surface area contributed by atoms with Gasteiger partial charge in [0.15, 0.2) is 0 Å². The first-order chi connectivity index (χ1) is 14.1. The van der Waals surface area contributed by atoms with Crippen molar-refractivity contribution in [3.8, 4) is 0 Å². The van der Waals surface area contributed by atoms with E-state index in [0.717, 1.165) is 22.0 Å². The molecule has 1 aromatic heterocycles. The van der Waals surface area contributed by atoms with Crippen molar-refractivity contribution in [2.75, 3.05) is 13.2 Å². The molecule has 2 atom stereocenters. The Morgan fingerprint density at radius 1 is 1.03 bits per heavy atom. The summed E-state index contributed by atoms with van der Waals surface area (Å²) in [6.07, 6.45) is 3.05. The molecule has 0 aliphatic carbocycles. The topological polar surface area (TPSA) is 94.2 Å². The Hall–Kier alpha value is -3.12. The van der Waals surface area contributed by atoms with Crippen LogP contribution in [0.4, 0.5) is 0 Å². The Bertz CT molecular complexity index is 952. The third-order valence-electron chi connectivity index (χ3n) is 4.98. The first-order valence-corrected chi connectivity index (χ1v) is 9.83. The van der Waals surface area contributed by atoms with E-state index in [9.17, 15) is 14.7 Å². The molecule has 0 aliphatic rings. The number of carbonyl (C=O) groups is 2. The Morgan fingerprint density at radius 2 is 1.76 bits per heavy atom. The van der Waals surface area contributed by atoms with Crippen molar-refractivity contribution in [3.63, 3.8) is 0 Å². The zero-order valence-electron chi connectivity index (χ0n) is 16.5. The summed E-state index contributed by atoms with van der Waals surface area (Å²) in [7, 11) is 0. The maximum Gasteiger partial charge on any atom is 0.239 e. The summed E-state index contributed by atoms with van der Waals surface area (Å²) >= 11 is 0. The maximum atomic E-state index is 12.4. The summed E-state index contributed by atoms with van der Waals surface area (Å²) < 4.78 is 0. The van der Waals surface area contributed by atoms with E-state index in [1.54, 1.807) is 0 Å². The molecule has 0 spiro atoms. The summed E-state index contributed by atoms with van der Waals surface area (Å²) in [6.45, 7) is 1.58. The van der Waals surface area contributed by atoms with E-state index in [2.05, 4.69) is 15.6 Å². The lowest BCUT2D eigenvalue weighted by Crippen LogP contribution is -2.45. The van der Waals surface area contributed by atoms with Crippen LogP contribution in [0, 0.1) is 5.92 Å². The van der Waals surface area contributed by atoms with Crippen molar-refractivity contribution in [3.05, 3.63) is 71.9 Å². The zero-order valence-corrected chi connectivity index (χ0v) is 16.5. The van der Waals surface area contributed by atoms with Gasteiger partial charge in [-0.25, -0.2) is 0 Å². The number of aliphatic hydroxyl groups is 1. The number of para-hydroxylation sites is 1. The van der Waals surface area contributed by atoms with Crippen molar-refractivity contribution < 1.29 is 14.7 Å². The molecule has 0 radical (unpaired) electrons. The van der Waals surface area contributed by atoms with Gasteiger partial charge in [0.2, 0.25) is 11.8 Å². The number of aromatic nitrogens is 1. The highest BCUT2D eigenvalue weighted by Gasteiger charge is 2.18. The van der Waals surface area contributed by atoms with Gasteiger partial charge in [0.05, 0.1) is 19.2 Å². The fourth-order valence-corrected chi connectivity index (χ4v) is 3.40. The lowest BCUT2D eigenvalue weighted by Gasteiger charge is -2.17. The third-order valence-corrected chi connectivity index (χ3v) is 4.98. The lowest BCUT2D eigenvalue weighted by molar-refractivity contribution is -0.128. The number of aromatic amines is 1. The van der Waals surface area contributed by atoms with Crippen molar-refractivity contribution in [2.24, 2.45) is 5.92 Å². The second-order valence-electron chi connectivity index (χ2n) is 7.32. The first-order valence-electron chi connectivity index (χ1n) is 9.83. The number of carbonyl (C=O) groups excluding carboxylic acids is 2. The third kappa shape index (κ3) is 5.68. The molecule has 0 aliphatic heterocycles. The molecule has 4 N–H and O–H groups in total. The maximum absolute atomic E-state index is 12.4. The summed E-state index contributed by atoms with van der Waals surface area (Å²) in [5, 5.41) is 16.1. The summed E-state index contributed by atoms with van der Waals surface area (Å²) in [5.74, 6) is -0.748. The molecular formula is C23H27N3O3. The van der Waals surface area contributed by atoms with Gasteiger partial charge in [-0.05, 0) is 30.0 Å². The molecule has 0 bridgehead atoms. The highest BCUT2D eigenvalue weighted by molar-refractivity contribution is 5.87. The second-order valence-corrected chi connectivity index (χ2v) is 7.32. The molecule has 2 amide bonds. The van der Waals surface area contributed by atoms with E-state index in [0.29, 0.717) is 12.8 Å². The van der Waals surface area contributed by atoms with E-state index < -0.39 is 0 Å². The van der Waals surface area contributed by atoms with Crippen LogP contribution in [0.25, 0.3) is 10.9 Å². The molecule has 0 saturated carbocycles. The van der Waals surface area contributed by atoms with Crippen molar-refractivity contribution >= 4 is 22.7 Å². The van der Waals surface area contributed by atoms with Gasteiger partial charge < -0.3 is 20.7 Å². The monoisotopic (exact) mass is 393 g/mol. The minimum Gasteiger partial charge on any atom is -0.394 e. The average Bonchev–Trinajstić information content (AvgIpc) is 3.15. The normalized spacial score (nSPS) is 13.0. The largest absolute Gasteiger partial charge is 0.394 e. The molecular weight excluding hydrogens is 366 g/mol. The Morgan fingerprint density at radius 3 is 2.52 bits per heavy atom. The first kappa shape index (κ1) is 20.6. The van der Waals surface area contributed by atoms with Crippen LogP contribution in [-0.2, 0) is 22.4 Å². The molecule has 2 aromatic carbocycles. The van der Waals surface area contributed by atoms with E-state index in [-0.39, 0.29) is 36.9 Å². The minimum atomic E-state index is -0.384. The van der Waals surface area contributed by atoms with Gasteiger partial charge in [-0.3, -0.25) is 9.59 Å². The fourth-order valence-electron chi connectivity index (χ4n) is 3.40. The number of nitrogens with one attached hydrogen (secondary N) is 3. The smallest absolute Gasteiger partial charge is 0.239 e. The van der Waals surface area contributed by atoms with Crippen LogP contribution in [-0.4, -0.2) is 41.1 Å². The van der Waals surface area contributed by atoms with Gasteiger partial charge in [0, 0.05) is 23.0 Å². The predicted molar refractivity (Wildman–Crippen MR) is 113 cm³/mol. The van der Waals surface area contributed by atoms with Gasteiger partial charge >= 0.3 is 0 Å². The molecule has 0 fully saturated rings. The van der Waals surface area contributed by atoms with Crippen LogP contribution in [0.1, 0.15) is 18.1 Å². The number of rotatable bonds is 9. The van der Waals surface area contributed by atoms with Gasteiger partial charge in [-0.15, -0.1) is 0 Å². The summed E-state index contributed by atoms with van der Waals surface area (Å²) in [5.41, 5.74) is 3.15. The van der Waals surface area contributed by atoms with Crippen LogP contribution >= 0.6 is 0 Å². The average molecular weight is 393 g/mol. The predicted octanol–water partition coefficient (Wildman–Crippen LogP) is 2.18. The van der Waals surface area contributed by atoms with Crippen LogP contribution in [0.15, 0.2) is 60.8 Å². The van der Waals surface area contributed by atoms with Crippen molar-refractivity contribution in [2.45, 2.75) is 25.8 Å². The van der Waals surface area contributed by atoms with E-state index in [4.69, 9.17) is 0 Å². The Balaban J connectivity index is 1.47. The summed E-state index contributed by atoms with van der Waals surface area (Å²) in [6, 6.07) is 17.2. The van der Waals surface area contributed by atoms with Gasteiger partial charge in [0.1, 0.15) is 0 Å². The number of hydrogen-bond acceptors (Lipinski definition) is 3. The quantitative estimate of drug-likeness (QED) is 0.449. The molecule has 0 saturated heterocycles. The van der Waals surface area contributed by atoms with Crippen LogP contribution < -0.4 is 10.6 Å². The van der Waals surface area contributed by atoms with Crippen molar-refractivity contribution in [1.82, 2.24) is 15.6 Å². The zero-order chi connectivity index (χ0) is 20.6. The summed E-state index contributed by atoms with van der Waals surface area (Å²) in [4.78, 5) is 27.8. The Labute approximate surface area is 170 Å². The second kappa shape index (κ2) is 9.89. The minimum absolute atomic E-state index is 0.109. The number of H-pyrrole nitrogens is 1. The highest BCUT2D eigenvalue weighted by atomic mass is 16.3. The molecule has 6 heteroatoms. The fraction of sp³-hybridized carbons (Fsp3) is 0.304. The van der Waals surface area contributed by atoms with Crippen LogP contribution in [0.2, 0.25) is 0 Å². The SMILES string of the molecule is CC(Cc1c[nH]c2ccccc12)C(=O)NCC(=O)NC(CO)Cc1ccccc1. The van der Waals surface area contributed by atoms with Crippen LogP contribution in [0.5, 0.6) is 0 Å². The number of aliphatic hydroxyl groups excluding tert-OH is 1. The van der Waals surface area contributed by atoms with Crippen molar-refractivity contribution in [1.29, 1.82) is 0 Å². The number of benzene rings is 2. The standard InChI is InChI=1S/C23H27N3O3/c1-16(11-18-13-24-21-10-6-5-9-20(18)21)23(29)25-14-22(28)26-19(15-27)12-17-7-3-2-4-8-17/h2-10,13,16,19,24,27H,11-12,14-15H2,1H3,(H,25,29)(H,26,28). The molecule has 3 rings (SSSR count). The van der Waals surface area contributed by atoms with Gasteiger partial charge in [0.25, 0.3) is 0 Å². The van der Waals surface area contributed by atoms with E-state index >= 15 is 0 Å². The van der Waals surface area contributed by atoms with Crippen LogP contribution in [0.3, 0.4) is 0 Å². The highest BCUT2D eigenvalue weighted by Crippen LogP contribution is 2.20. The van der Waals surface area contributed by atoms with Gasteiger partial charge in [-0.1, -0.05) is 55.5 Å². The molecule has 29 heavy (non-hydrogen) atoms. The molecule has 3 aromatic rings. The number of hydrogen-bond donors (Lipinski definition) is 4. The molecule has 1 heterocycles. The van der Waals surface area contributed by atoms with E-state index in [1.165, 1.54) is 0 Å². The lowest BCUT2D eigenvalue weighted by atomic mass is 10.00. The number of amides is 2. The Kier molecular flexibility index (Phi) is 7.03. The molecule has 6 nitrogen and oxygen atoms in total. The van der Waals surface area contributed by atoms with E-state index in [1.807, 2.05) is 67.7 Å². The molecule has 152 valence electrons.